The molecule has 0 N–H and O–H groups in total. The molecule has 7 heteroatoms. The van der Waals surface area contributed by atoms with Crippen LogP contribution in [0.3, 0.4) is 0 Å². The molecule has 26 heavy (non-hydrogen) atoms. The van der Waals surface area contributed by atoms with Gasteiger partial charge in [0.1, 0.15) is 10.2 Å². The molecule has 0 aliphatic carbocycles. The van der Waals surface area contributed by atoms with E-state index < -0.39 is 0 Å². The van der Waals surface area contributed by atoms with Crippen LogP contribution in [0.5, 0.6) is 0 Å². The Bertz CT molecular complexity index is 1060. The Balaban J connectivity index is 1.90. The molecular weight excluding hydrogens is 459 g/mol. The Labute approximate surface area is 169 Å². The maximum absolute atomic E-state index is 13.2. The van der Waals surface area contributed by atoms with Crippen LogP contribution >= 0.6 is 33.9 Å². The second-order valence-electron chi connectivity index (χ2n) is 6.38. The summed E-state index contributed by atoms with van der Waals surface area (Å²) in [5.74, 6) is 0.728. The summed E-state index contributed by atoms with van der Waals surface area (Å²) >= 11 is 3.69. The first-order valence-electron chi connectivity index (χ1n) is 8.59. The predicted octanol–water partition coefficient (Wildman–Crippen LogP) is 3.97. The van der Waals surface area contributed by atoms with Crippen molar-refractivity contribution in [1.82, 2.24) is 9.55 Å². The molecule has 1 saturated heterocycles. The first-order valence-corrected chi connectivity index (χ1v) is 10.6. The smallest absolute Gasteiger partial charge is 0.273 e. The topological polar surface area (TPSA) is 61.9 Å². The zero-order chi connectivity index (χ0) is 18.1. The van der Waals surface area contributed by atoms with E-state index in [1.807, 2.05) is 23.6 Å². The number of aromatic nitrogens is 2. The minimum atomic E-state index is -0.0174. The molecule has 1 aliphatic rings. The lowest BCUT2D eigenvalue weighted by Crippen LogP contribution is -2.36. The van der Waals surface area contributed by atoms with Gasteiger partial charge in [-0.1, -0.05) is 18.2 Å². The molecule has 0 unspecified atom stereocenters. The van der Waals surface area contributed by atoms with E-state index >= 15 is 0 Å². The van der Waals surface area contributed by atoms with Crippen LogP contribution in [0.2, 0.25) is 0 Å². The third-order valence-corrected chi connectivity index (χ3v) is 6.92. The van der Waals surface area contributed by atoms with E-state index in [1.165, 1.54) is 17.8 Å². The SMILES string of the molecule is N#Cc1ccccc1Cn1c(N2CCCCC2)nc2c(I)csc2c1=O. The van der Waals surface area contributed by atoms with Crippen molar-refractivity contribution in [2.24, 2.45) is 0 Å². The molecule has 5 nitrogen and oxygen atoms in total. The van der Waals surface area contributed by atoms with Gasteiger partial charge in [0.05, 0.1) is 21.7 Å². The third-order valence-electron chi connectivity index (χ3n) is 4.72. The zero-order valence-electron chi connectivity index (χ0n) is 14.1. The summed E-state index contributed by atoms with van der Waals surface area (Å²) in [6.45, 7) is 2.20. The van der Waals surface area contributed by atoms with Crippen LogP contribution in [0.15, 0.2) is 34.4 Å². The van der Waals surface area contributed by atoms with Crippen LogP contribution in [-0.4, -0.2) is 22.6 Å². The summed E-state index contributed by atoms with van der Waals surface area (Å²) in [5, 5.41) is 11.4. The highest BCUT2D eigenvalue weighted by Crippen LogP contribution is 2.27. The van der Waals surface area contributed by atoms with Gasteiger partial charge in [-0.05, 0) is 53.5 Å². The van der Waals surface area contributed by atoms with Gasteiger partial charge in [-0.3, -0.25) is 9.36 Å². The maximum Gasteiger partial charge on any atom is 0.273 e. The Morgan fingerprint density at radius 3 is 2.77 bits per heavy atom. The first-order chi connectivity index (χ1) is 12.7. The van der Waals surface area contributed by atoms with Crippen LogP contribution in [-0.2, 0) is 6.54 Å². The number of halogens is 1. The van der Waals surface area contributed by atoms with Crippen LogP contribution in [0.25, 0.3) is 10.2 Å². The minimum absolute atomic E-state index is 0.0174. The van der Waals surface area contributed by atoms with Crippen molar-refractivity contribution >= 4 is 50.1 Å². The number of hydrogen-bond acceptors (Lipinski definition) is 5. The second-order valence-corrected chi connectivity index (χ2v) is 8.42. The van der Waals surface area contributed by atoms with Gasteiger partial charge >= 0.3 is 0 Å². The maximum atomic E-state index is 13.2. The summed E-state index contributed by atoms with van der Waals surface area (Å²) in [4.78, 5) is 20.3. The van der Waals surface area contributed by atoms with Gasteiger partial charge in [-0.2, -0.15) is 5.26 Å². The number of benzene rings is 1. The van der Waals surface area contributed by atoms with Crippen molar-refractivity contribution in [2.45, 2.75) is 25.8 Å². The van der Waals surface area contributed by atoms with Crippen molar-refractivity contribution in [1.29, 1.82) is 5.26 Å². The molecule has 0 amide bonds. The normalized spacial score (nSPS) is 14.5. The first kappa shape index (κ1) is 17.5. The van der Waals surface area contributed by atoms with Gasteiger partial charge in [0.15, 0.2) is 0 Å². The number of thiophene rings is 1. The quantitative estimate of drug-likeness (QED) is 0.537. The summed E-state index contributed by atoms with van der Waals surface area (Å²) in [6, 6.07) is 9.68. The number of rotatable bonds is 3. The number of nitrogens with zero attached hydrogens (tertiary/aromatic N) is 4. The summed E-state index contributed by atoms with van der Waals surface area (Å²) in [5.41, 5.74) is 2.23. The minimum Gasteiger partial charge on any atom is -0.342 e. The van der Waals surface area contributed by atoms with Gasteiger partial charge in [0.25, 0.3) is 5.56 Å². The van der Waals surface area contributed by atoms with E-state index in [1.54, 1.807) is 10.6 Å². The molecular formula is C19H17IN4OS. The Hall–Kier alpha value is -1.92. The molecule has 0 atom stereocenters. The Morgan fingerprint density at radius 2 is 2.00 bits per heavy atom. The van der Waals surface area contributed by atoms with Gasteiger partial charge in [0.2, 0.25) is 5.95 Å². The van der Waals surface area contributed by atoms with E-state index in [9.17, 15) is 10.1 Å². The van der Waals surface area contributed by atoms with Gasteiger partial charge in [0, 0.05) is 18.5 Å². The fraction of sp³-hybridized carbons (Fsp3) is 0.316. The highest BCUT2D eigenvalue weighted by atomic mass is 127. The Morgan fingerprint density at radius 1 is 1.23 bits per heavy atom. The van der Waals surface area contributed by atoms with Crippen molar-refractivity contribution in [3.63, 3.8) is 0 Å². The molecule has 0 bridgehead atoms. The van der Waals surface area contributed by atoms with E-state index in [0.29, 0.717) is 16.8 Å². The number of piperidine rings is 1. The van der Waals surface area contributed by atoms with Gasteiger partial charge in [-0.25, -0.2) is 4.98 Å². The molecule has 0 saturated carbocycles. The molecule has 0 spiro atoms. The number of fused-ring (bicyclic) bond motifs is 1. The lowest BCUT2D eigenvalue weighted by molar-refractivity contribution is 0.553. The fourth-order valence-corrected chi connectivity index (χ4v) is 5.14. The van der Waals surface area contributed by atoms with E-state index in [0.717, 1.165) is 46.5 Å². The molecule has 1 aliphatic heterocycles. The number of hydrogen-bond donors (Lipinski definition) is 0. The van der Waals surface area contributed by atoms with Gasteiger partial charge < -0.3 is 4.90 Å². The third kappa shape index (κ3) is 3.12. The monoisotopic (exact) mass is 476 g/mol. The van der Waals surface area contributed by atoms with Crippen molar-refractivity contribution in [2.75, 3.05) is 18.0 Å². The summed E-state index contributed by atoms with van der Waals surface area (Å²) < 4.78 is 3.45. The van der Waals surface area contributed by atoms with Crippen LogP contribution in [0.1, 0.15) is 30.4 Å². The van der Waals surface area contributed by atoms with E-state index in [4.69, 9.17) is 4.98 Å². The predicted molar refractivity (Wildman–Crippen MR) is 113 cm³/mol. The zero-order valence-corrected chi connectivity index (χ0v) is 17.1. The molecule has 4 rings (SSSR count). The molecule has 1 aromatic carbocycles. The lowest BCUT2D eigenvalue weighted by atomic mass is 10.1. The van der Waals surface area contributed by atoms with Crippen molar-refractivity contribution in [3.8, 4) is 6.07 Å². The van der Waals surface area contributed by atoms with Crippen molar-refractivity contribution in [3.05, 3.63) is 54.7 Å². The average Bonchev–Trinajstić information content (AvgIpc) is 3.06. The van der Waals surface area contributed by atoms with E-state index in [2.05, 4.69) is 33.6 Å². The second kappa shape index (κ2) is 7.37. The molecule has 0 radical (unpaired) electrons. The number of anilines is 1. The average molecular weight is 476 g/mol. The largest absolute Gasteiger partial charge is 0.342 e. The molecule has 2 aromatic heterocycles. The molecule has 3 aromatic rings. The highest BCUT2D eigenvalue weighted by molar-refractivity contribution is 14.1. The van der Waals surface area contributed by atoms with Crippen LogP contribution in [0.4, 0.5) is 5.95 Å². The van der Waals surface area contributed by atoms with Crippen LogP contribution < -0.4 is 10.5 Å². The fourth-order valence-electron chi connectivity index (χ4n) is 3.38. The molecule has 132 valence electrons. The molecule has 1 fully saturated rings. The molecule has 3 heterocycles. The number of nitriles is 1. The lowest BCUT2D eigenvalue weighted by Gasteiger charge is -2.29. The standard InChI is InChI=1S/C19H17IN4OS/c20-15-12-26-17-16(15)22-19(23-8-4-1-5-9-23)24(18(17)25)11-14-7-3-2-6-13(14)10-21/h2-3,6-7,12H,1,4-5,8-9,11H2. The van der Waals surface area contributed by atoms with Gasteiger partial charge in [-0.15, -0.1) is 11.3 Å². The Kier molecular flexibility index (Phi) is 4.96. The highest BCUT2D eigenvalue weighted by Gasteiger charge is 2.21. The van der Waals surface area contributed by atoms with E-state index in [-0.39, 0.29) is 5.56 Å². The van der Waals surface area contributed by atoms with Crippen LogP contribution in [0, 0.1) is 14.9 Å². The summed E-state index contributed by atoms with van der Waals surface area (Å²) in [7, 11) is 0. The van der Waals surface area contributed by atoms with Crippen molar-refractivity contribution < 1.29 is 0 Å². The summed E-state index contributed by atoms with van der Waals surface area (Å²) in [6.07, 6.45) is 3.45.